The molecule has 3 nitrogen and oxygen atoms in total. The standard InChI is InChI=1S/C11H21NO2S/c1-4-10(14-11(13)12-15)8-6-5-7-9(2)3/h9-10H,4-8H2,1-3H3. The van der Waals surface area contributed by atoms with Crippen molar-refractivity contribution in [3.8, 4) is 0 Å². The van der Waals surface area contributed by atoms with E-state index in [2.05, 4.69) is 30.6 Å². The van der Waals surface area contributed by atoms with Crippen LogP contribution in [0.3, 0.4) is 0 Å². The Hall–Kier alpha value is -0.510. The minimum absolute atomic E-state index is 0.0173. The lowest BCUT2D eigenvalue weighted by molar-refractivity contribution is 0.0977. The average molecular weight is 231 g/mol. The second-order valence-corrected chi connectivity index (χ2v) is 4.37. The SMILES string of the molecule is CCC(CCCCC(C)C)OC(=O)N=S. The van der Waals surface area contributed by atoms with E-state index >= 15 is 0 Å². The monoisotopic (exact) mass is 231 g/mol. The van der Waals surface area contributed by atoms with E-state index in [1.54, 1.807) is 0 Å². The summed E-state index contributed by atoms with van der Waals surface area (Å²) in [4.78, 5) is 10.8. The van der Waals surface area contributed by atoms with Gasteiger partial charge in [-0.25, -0.2) is 4.79 Å². The number of rotatable bonds is 7. The van der Waals surface area contributed by atoms with Gasteiger partial charge in [-0.2, -0.15) is 0 Å². The summed E-state index contributed by atoms with van der Waals surface area (Å²) in [5.41, 5.74) is 0. The van der Waals surface area contributed by atoms with Crippen LogP contribution in [-0.2, 0) is 17.2 Å². The summed E-state index contributed by atoms with van der Waals surface area (Å²) >= 11 is 4.26. The topological polar surface area (TPSA) is 38.7 Å². The first-order chi connectivity index (χ1) is 7.10. The molecule has 1 amide bonds. The highest BCUT2D eigenvalue weighted by Gasteiger charge is 2.11. The minimum atomic E-state index is -0.624. The summed E-state index contributed by atoms with van der Waals surface area (Å²) in [5, 5.41) is 0. The molecule has 0 radical (unpaired) electrons. The van der Waals surface area contributed by atoms with Gasteiger partial charge in [0, 0.05) is 12.4 Å². The molecule has 0 N–H and O–H groups in total. The van der Waals surface area contributed by atoms with Crippen molar-refractivity contribution in [3.63, 3.8) is 0 Å². The molecule has 0 aliphatic heterocycles. The zero-order valence-corrected chi connectivity index (χ0v) is 10.7. The Morgan fingerprint density at radius 1 is 1.33 bits per heavy atom. The molecular weight excluding hydrogens is 210 g/mol. The van der Waals surface area contributed by atoms with Gasteiger partial charge >= 0.3 is 6.09 Å². The van der Waals surface area contributed by atoms with Crippen LogP contribution in [-0.4, -0.2) is 12.2 Å². The van der Waals surface area contributed by atoms with E-state index in [0.29, 0.717) is 0 Å². The second kappa shape index (κ2) is 8.77. The number of hydrogen-bond donors (Lipinski definition) is 0. The van der Waals surface area contributed by atoms with Gasteiger partial charge in [-0.05, 0) is 25.2 Å². The van der Waals surface area contributed by atoms with Gasteiger partial charge in [0.1, 0.15) is 6.10 Å². The lowest BCUT2D eigenvalue weighted by atomic mass is 10.0. The van der Waals surface area contributed by atoms with Crippen LogP contribution < -0.4 is 0 Å². The van der Waals surface area contributed by atoms with Gasteiger partial charge in [-0.1, -0.05) is 33.6 Å². The van der Waals surface area contributed by atoms with Gasteiger partial charge in [0.15, 0.2) is 0 Å². The fourth-order valence-corrected chi connectivity index (χ4v) is 1.48. The Morgan fingerprint density at radius 2 is 1.93 bits per heavy atom. The van der Waals surface area contributed by atoms with Gasteiger partial charge in [0.25, 0.3) is 0 Å². The molecule has 15 heavy (non-hydrogen) atoms. The van der Waals surface area contributed by atoms with Crippen LogP contribution >= 0.6 is 0 Å². The van der Waals surface area contributed by atoms with Crippen LogP contribution in [0, 0.1) is 5.92 Å². The van der Waals surface area contributed by atoms with Crippen molar-refractivity contribution in [2.45, 2.75) is 59.0 Å². The van der Waals surface area contributed by atoms with E-state index in [1.165, 1.54) is 12.8 Å². The number of ether oxygens (including phenoxy) is 1. The van der Waals surface area contributed by atoms with E-state index < -0.39 is 6.09 Å². The zero-order valence-electron chi connectivity index (χ0n) is 9.86. The van der Waals surface area contributed by atoms with Crippen LogP contribution in [0.1, 0.15) is 52.9 Å². The summed E-state index contributed by atoms with van der Waals surface area (Å²) < 4.78 is 8.10. The highest BCUT2D eigenvalue weighted by Crippen LogP contribution is 2.13. The molecule has 0 aromatic heterocycles. The zero-order chi connectivity index (χ0) is 11.7. The molecule has 1 atom stereocenters. The highest BCUT2D eigenvalue weighted by atomic mass is 32.1. The number of hydrogen-bond acceptors (Lipinski definition) is 3. The molecule has 0 heterocycles. The van der Waals surface area contributed by atoms with E-state index in [4.69, 9.17) is 4.74 Å². The van der Waals surface area contributed by atoms with Gasteiger partial charge < -0.3 is 4.74 Å². The normalized spacial score (nSPS) is 12.5. The largest absolute Gasteiger partial charge is 0.445 e. The molecule has 0 aromatic carbocycles. The molecule has 0 saturated heterocycles. The van der Waals surface area contributed by atoms with Crippen molar-refractivity contribution in [1.29, 1.82) is 0 Å². The van der Waals surface area contributed by atoms with Crippen molar-refractivity contribution in [2.24, 2.45) is 10.3 Å². The summed E-state index contributed by atoms with van der Waals surface area (Å²) in [6.07, 6.45) is 4.63. The van der Waals surface area contributed by atoms with Gasteiger partial charge in [0.05, 0.1) is 0 Å². The van der Waals surface area contributed by atoms with Crippen LogP contribution in [0.15, 0.2) is 4.36 Å². The molecule has 0 saturated carbocycles. The Balaban J connectivity index is 3.61. The van der Waals surface area contributed by atoms with E-state index in [9.17, 15) is 4.79 Å². The van der Waals surface area contributed by atoms with Crippen molar-refractivity contribution in [1.82, 2.24) is 0 Å². The predicted molar refractivity (Wildman–Crippen MR) is 63.7 cm³/mol. The molecule has 0 spiro atoms. The molecule has 4 heteroatoms. The van der Waals surface area contributed by atoms with Crippen LogP contribution in [0.5, 0.6) is 0 Å². The molecule has 0 bridgehead atoms. The number of carbonyl (C=O) groups excluding carboxylic acids is 1. The minimum Gasteiger partial charge on any atom is -0.444 e. The fourth-order valence-electron chi connectivity index (χ4n) is 1.44. The van der Waals surface area contributed by atoms with Crippen LogP contribution in [0.2, 0.25) is 0 Å². The molecule has 88 valence electrons. The molecular formula is C11H21NO2S. The van der Waals surface area contributed by atoms with Crippen molar-refractivity contribution in [2.75, 3.05) is 0 Å². The lowest BCUT2D eigenvalue weighted by Crippen LogP contribution is -2.14. The number of nitrogens with zero attached hydrogens (tertiary/aromatic N) is 1. The third kappa shape index (κ3) is 8.48. The first-order valence-corrected chi connectivity index (χ1v) is 6.00. The molecule has 0 fully saturated rings. The third-order valence-electron chi connectivity index (χ3n) is 2.35. The summed E-state index contributed by atoms with van der Waals surface area (Å²) in [6.45, 7) is 6.44. The summed E-state index contributed by atoms with van der Waals surface area (Å²) in [7, 11) is 0. The smallest absolute Gasteiger partial charge is 0.444 e. The second-order valence-electron chi connectivity index (χ2n) is 4.18. The van der Waals surface area contributed by atoms with Gasteiger partial charge in [-0.3, -0.25) is 0 Å². The summed E-state index contributed by atoms with van der Waals surface area (Å²) in [6, 6.07) is 0. The van der Waals surface area contributed by atoms with Crippen LogP contribution in [0.25, 0.3) is 0 Å². The molecule has 0 aromatic rings. The van der Waals surface area contributed by atoms with E-state index in [0.717, 1.165) is 25.2 Å². The number of amides is 1. The van der Waals surface area contributed by atoms with Crippen molar-refractivity contribution in [3.05, 3.63) is 0 Å². The van der Waals surface area contributed by atoms with Gasteiger partial charge in [-0.15, -0.1) is 4.36 Å². The van der Waals surface area contributed by atoms with E-state index in [-0.39, 0.29) is 6.10 Å². The first kappa shape index (κ1) is 14.5. The quantitative estimate of drug-likeness (QED) is 0.625. The Morgan fingerprint density at radius 3 is 2.40 bits per heavy atom. The fraction of sp³-hybridized carbons (Fsp3) is 0.909. The maximum Gasteiger partial charge on any atom is 0.445 e. The molecule has 1 unspecified atom stereocenters. The maximum atomic E-state index is 10.8. The third-order valence-corrected chi connectivity index (χ3v) is 2.50. The predicted octanol–water partition coefficient (Wildman–Crippen LogP) is 3.85. The molecule has 0 aliphatic rings. The van der Waals surface area contributed by atoms with Crippen molar-refractivity contribution < 1.29 is 9.53 Å². The number of unbranched alkanes of at least 4 members (excludes halogenated alkanes) is 1. The molecule has 0 rings (SSSR count). The lowest BCUT2D eigenvalue weighted by Gasteiger charge is -2.14. The molecule has 0 aliphatic carbocycles. The highest BCUT2D eigenvalue weighted by molar-refractivity contribution is 7.47. The number of carbonyl (C=O) groups is 1. The Labute approximate surface area is 97.8 Å². The van der Waals surface area contributed by atoms with Crippen LogP contribution in [0.4, 0.5) is 4.79 Å². The average Bonchev–Trinajstić information content (AvgIpc) is 2.21. The first-order valence-electron chi connectivity index (χ1n) is 5.64. The summed E-state index contributed by atoms with van der Waals surface area (Å²) in [5.74, 6) is 0.746. The van der Waals surface area contributed by atoms with Crippen molar-refractivity contribution >= 4 is 18.5 Å². The Bertz CT molecular complexity index is 195. The Kier molecular flexibility index (Phi) is 8.47. The van der Waals surface area contributed by atoms with E-state index in [1.807, 2.05) is 6.92 Å². The maximum absolute atomic E-state index is 10.8. The van der Waals surface area contributed by atoms with Gasteiger partial charge in [0.2, 0.25) is 0 Å².